The summed E-state index contributed by atoms with van der Waals surface area (Å²) >= 11 is 0. The summed E-state index contributed by atoms with van der Waals surface area (Å²) in [5, 5.41) is 8.99. The SMILES string of the molecule is CCOC(=O)CC(C)N(C)c1cccc(F)c1C#N. The van der Waals surface area contributed by atoms with E-state index in [0.29, 0.717) is 12.3 Å². The number of hydrogen-bond acceptors (Lipinski definition) is 4. The van der Waals surface area contributed by atoms with Gasteiger partial charge in [-0.05, 0) is 26.0 Å². The highest BCUT2D eigenvalue weighted by atomic mass is 19.1. The molecule has 0 bridgehead atoms. The van der Waals surface area contributed by atoms with Crippen molar-refractivity contribution in [3.05, 3.63) is 29.6 Å². The second-order valence-electron chi connectivity index (χ2n) is 4.21. The van der Waals surface area contributed by atoms with Crippen LogP contribution in [0.2, 0.25) is 0 Å². The standard InChI is InChI=1S/C14H17FN2O2/c1-4-19-14(18)8-10(2)17(3)13-7-5-6-12(15)11(13)9-16/h5-7,10H,4,8H2,1-3H3. The molecule has 1 rings (SSSR count). The number of anilines is 1. The molecule has 0 spiro atoms. The number of benzene rings is 1. The molecule has 5 heteroatoms. The molecule has 1 unspecified atom stereocenters. The third kappa shape index (κ3) is 3.68. The molecule has 19 heavy (non-hydrogen) atoms. The van der Waals surface area contributed by atoms with Crippen LogP contribution < -0.4 is 4.90 Å². The monoisotopic (exact) mass is 264 g/mol. The van der Waals surface area contributed by atoms with Crippen LogP contribution in [0.5, 0.6) is 0 Å². The molecule has 4 nitrogen and oxygen atoms in total. The molecular formula is C14H17FN2O2. The lowest BCUT2D eigenvalue weighted by Crippen LogP contribution is -2.32. The van der Waals surface area contributed by atoms with E-state index in [0.717, 1.165) is 0 Å². The van der Waals surface area contributed by atoms with Crippen molar-refractivity contribution in [2.45, 2.75) is 26.3 Å². The molecule has 0 radical (unpaired) electrons. The van der Waals surface area contributed by atoms with E-state index in [1.165, 1.54) is 6.07 Å². The Bertz CT molecular complexity index is 497. The second-order valence-corrected chi connectivity index (χ2v) is 4.21. The van der Waals surface area contributed by atoms with Crippen LogP contribution in [0.1, 0.15) is 25.8 Å². The summed E-state index contributed by atoms with van der Waals surface area (Å²) in [4.78, 5) is 13.1. The zero-order chi connectivity index (χ0) is 14.4. The number of hydrogen-bond donors (Lipinski definition) is 0. The third-order valence-electron chi connectivity index (χ3n) is 2.91. The van der Waals surface area contributed by atoms with Gasteiger partial charge in [0.15, 0.2) is 0 Å². The molecule has 0 N–H and O–H groups in total. The molecule has 0 aliphatic heterocycles. The highest BCUT2D eigenvalue weighted by molar-refractivity contribution is 5.71. The summed E-state index contributed by atoms with van der Waals surface area (Å²) in [6.07, 6.45) is 0.186. The Hall–Kier alpha value is -2.09. The molecule has 0 saturated heterocycles. The lowest BCUT2D eigenvalue weighted by molar-refractivity contribution is -0.143. The topological polar surface area (TPSA) is 53.3 Å². The zero-order valence-electron chi connectivity index (χ0n) is 11.3. The molecule has 0 fully saturated rings. The minimum atomic E-state index is -0.560. The van der Waals surface area contributed by atoms with Crippen LogP contribution in [0, 0.1) is 17.1 Å². The Labute approximate surface area is 112 Å². The zero-order valence-corrected chi connectivity index (χ0v) is 11.3. The number of ether oxygens (including phenoxy) is 1. The Morgan fingerprint density at radius 2 is 2.26 bits per heavy atom. The molecule has 1 aromatic rings. The van der Waals surface area contributed by atoms with Crippen LogP contribution in [0.4, 0.5) is 10.1 Å². The summed E-state index contributed by atoms with van der Waals surface area (Å²) in [5.74, 6) is -0.869. The maximum atomic E-state index is 13.5. The van der Waals surface area contributed by atoms with E-state index < -0.39 is 5.82 Å². The average Bonchev–Trinajstić information content (AvgIpc) is 2.37. The van der Waals surface area contributed by atoms with Crippen molar-refractivity contribution in [2.75, 3.05) is 18.6 Å². The van der Waals surface area contributed by atoms with E-state index >= 15 is 0 Å². The lowest BCUT2D eigenvalue weighted by atomic mass is 10.1. The van der Waals surface area contributed by atoms with Crippen molar-refractivity contribution in [3.8, 4) is 6.07 Å². The average molecular weight is 264 g/mol. The minimum absolute atomic E-state index is 0.0132. The van der Waals surface area contributed by atoms with Gasteiger partial charge in [-0.3, -0.25) is 4.79 Å². The van der Waals surface area contributed by atoms with Crippen LogP contribution in [0.3, 0.4) is 0 Å². The van der Waals surface area contributed by atoms with E-state index in [-0.39, 0.29) is 24.0 Å². The predicted molar refractivity (Wildman–Crippen MR) is 70.2 cm³/mol. The van der Waals surface area contributed by atoms with Gasteiger partial charge in [-0.2, -0.15) is 5.26 Å². The maximum absolute atomic E-state index is 13.5. The summed E-state index contributed by atoms with van der Waals surface area (Å²) in [6.45, 7) is 3.90. The quantitative estimate of drug-likeness (QED) is 0.767. The van der Waals surface area contributed by atoms with Gasteiger partial charge in [0.1, 0.15) is 17.4 Å². The fourth-order valence-electron chi connectivity index (χ4n) is 1.75. The van der Waals surface area contributed by atoms with Gasteiger partial charge >= 0.3 is 5.97 Å². The summed E-state index contributed by atoms with van der Waals surface area (Å²) in [6, 6.07) is 6.10. The molecule has 0 aliphatic rings. The van der Waals surface area contributed by atoms with Crippen molar-refractivity contribution in [3.63, 3.8) is 0 Å². The van der Waals surface area contributed by atoms with Crippen LogP contribution >= 0.6 is 0 Å². The first-order chi connectivity index (χ1) is 9.01. The van der Waals surface area contributed by atoms with E-state index in [1.54, 1.807) is 31.0 Å². The van der Waals surface area contributed by atoms with Gasteiger partial charge in [0.25, 0.3) is 0 Å². The Morgan fingerprint density at radius 1 is 1.58 bits per heavy atom. The second kappa shape index (κ2) is 6.74. The molecule has 0 amide bonds. The van der Waals surface area contributed by atoms with Gasteiger partial charge in [0.05, 0.1) is 18.7 Å². The Morgan fingerprint density at radius 3 is 2.84 bits per heavy atom. The number of halogens is 1. The summed E-state index contributed by atoms with van der Waals surface area (Å²) in [7, 11) is 1.72. The first-order valence-electron chi connectivity index (χ1n) is 6.08. The normalized spacial score (nSPS) is 11.5. The largest absolute Gasteiger partial charge is 0.466 e. The van der Waals surface area contributed by atoms with Gasteiger partial charge in [-0.1, -0.05) is 6.07 Å². The molecule has 1 aromatic carbocycles. The predicted octanol–water partition coefficient (Wildman–Crippen LogP) is 2.48. The van der Waals surface area contributed by atoms with Crippen molar-refractivity contribution >= 4 is 11.7 Å². The van der Waals surface area contributed by atoms with Crippen molar-refractivity contribution < 1.29 is 13.9 Å². The number of carbonyl (C=O) groups is 1. The molecule has 102 valence electrons. The fraction of sp³-hybridized carbons (Fsp3) is 0.429. The van der Waals surface area contributed by atoms with Gasteiger partial charge < -0.3 is 9.64 Å². The first kappa shape index (κ1) is 15.0. The number of nitrogens with zero attached hydrogens (tertiary/aromatic N) is 2. The van der Waals surface area contributed by atoms with Crippen LogP contribution in [-0.4, -0.2) is 25.7 Å². The molecule has 0 saturated carbocycles. The van der Waals surface area contributed by atoms with E-state index in [2.05, 4.69) is 0 Å². The Balaban J connectivity index is 2.89. The lowest BCUT2D eigenvalue weighted by Gasteiger charge is -2.27. The summed E-state index contributed by atoms with van der Waals surface area (Å²) in [5.41, 5.74) is 0.458. The van der Waals surface area contributed by atoms with Gasteiger partial charge in [-0.25, -0.2) is 4.39 Å². The highest BCUT2D eigenvalue weighted by Crippen LogP contribution is 2.23. The molecule has 0 aromatic heterocycles. The Kier molecular flexibility index (Phi) is 5.31. The number of carbonyl (C=O) groups excluding carboxylic acids is 1. The molecule has 1 atom stereocenters. The van der Waals surface area contributed by atoms with Crippen molar-refractivity contribution in [1.82, 2.24) is 0 Å². The van der Waals surface area contributed by atoms with Gasteiger partial charge in [-0.15, -0.1) is 0 Å². The molecule has 0 aliphatic carbocycles. The molecular weight excluding hydrogens is 247 g/mol. The van der Waals surface area contributed by atoms with E-state index in [1.807, 2.05) is 13.0 Å². The summed E-state index contributed by atoms with van der Waals surface area (Å²) < 4.78 is 18.4. The number of esters is 1. The smallest absolute Gasteiger partial charge is 0.307 e. The van der Waals surface area contributed by atoms with Gasteiger partial charge in [0, 0.05) is 13.1 Å². The maximum Gasteiger partial charge on any atom is 0.307 e. The van der Waals surface area contributed by atoms with Crippen LogP contribution in [-0.2, 0) is 9.53 Å². The first-order valence-corrected chi connectivity index (χ1v) is 6.08. The van der Waals surface area contributed by atoms with E-state index in [4.69, 9.17) is 10.00 Å². The van der Waals surface area contributed by atoms with E-state index in [9.17, 15) is 9.18 Å². The van der Waals surface area contributed by atoms with Crippen molar-refractivity contribution in [1.29, 1.82) is 5.26 Å². The van der Waals surface area contributed by atoms with Crippen molar-refractivity contribution in [2.24, 2.45) is 0 Å². The van der Waals surface area contributed by atoms with Crippen LogP contribution in [0.25, 0.3) is 0 Å². The highest BCUT2D eigenvalue weighted by Gasteiger charge is 2.19. The number of rotatable bonds is 5. The van der Waals surface area contributed by atoms with Gasteiger partial charge in [0.2, 0.25) is 0 Å². The molecule has 0 heterocycles. The van der Waals surface area contributed by atoms with Crippen LogP contribution in [0.15, 0.2) is 18.2 Å². The minimum Gasteiger partial charge on any atom is -0.466 e. The fourth-order valence-corrected chi connectivity index (χ4v) is 1.75. The number of nitriles is 1. The third-order valence-corrected chi connectivity index (χ3v) is 2.91.